The van der Waals surface area contributed by atoms with Crippen LogP contribution in [0.3, 0.4) is 0 Å². The van der Waals surface area contributed by atoms with Gasteiger partial charge < -0.3 is 10.6 Å². The van der Waals surface area contributed by atoms with E-state index in [1.807, 2.05) is 30.3 Å². The van der Waals surface area contributed by atoms with E-state index in [1.54, 1.807) is 24.7 Å². The number of rotatable bonds is 5. The molecule has 0 aliphatic rings. The average Bonchev–Trinajstić information content (AvgIpc) is 2.57. The molecule has 0 bridgehead atoms. The monoisotopic (exact) mass is 312 g/mol. The fourth-order valence-electron chi connectivity index (χ4n) is 1.82. The molecule has 0 aliphatic carbocycles. The Bertz CT molecular complexity index is 750. The molecule has 0 spiro atoms. The van der Waals surface area contributed by atoms with Crippen molar-refractivity contribution in [1.29, 1.82) is 0 Å². The molecular formula is C15H13ClN6. The van der Waals surface area contributed by atoms with Crippen LogP contribution in [0.5, 0.6) is 0 Å². The van der Waals surface area contributed by atoms with Crippen LogP contribution in [0.15, 0.2) is 55.0 Å². The molecule has 2 aromatic heterocycles. The third kappa shape index (κ3) is 3.67. The van der Waals surface area contributed by atoms with Crippen LogP contribution in [0.2, 0.25) is 5.02 Å². The summed E-state index contributed by atoms with van der Waals surface area (Å²) < 4.78 is 0. The maximum atomic E-state index is 6.09. The van der Waals surface area contributed by atoms with Crippen LogP contribution in [0.25, 0.3) is 0 Å². The number of nitrogens with one attached hydrogen (secondary N) is 2. The minimum atomic E-state index is 0.379. The lowest BCUT2D eigenvalue weighted by Gasteiger charge is -2.08. The minimum absolute atomic E-state index is 0.379. The van der Waals surface area contributed by atoms with Gasteiger partial charge in [0.25, 0.3) is 0 Å². The van der Waals surface area contributed by atoms with E-state index in [2.05, 4.69) is 30.8 Å². The highest BCUT2D eigenvalue weighted by Gasteiger charge is 2.04. The van der Waals surface area contributed by atoms with Crippen LogP contribution in [0.1, 0.15) is 5.56 Å². The van der Waals surface area contributed by atoms with Crippen molar-refractivity contribution >= 4 is 29.1 Å². The quantitative estimate of drug-likeness (QED) is 0.753. The highest BCUT2D eigenvalue weighted by atomic mass is 35.5. The van der Waals surface area contributed by atoms with Crippen molar-refractivity contribution in [1.82, 2.24) is 20.2 Å². The molecule has 0 amide bonds. The largest absolute Gasteiger partial charge is 0.364 e. The van der Waals surface area contributed by atoms with Crippen molar-refractivity contribution in [2.24, 2.45) is 0 Å². The van der Waals surface area contributed by atoms with Gasteiger partial charge in [-0.15, -0.1) is 5.10 Å². The Morgan fingerprint density at radius 2 is 1.95 bits per heavy atom. The van der Waals surface area contributed by atoms with E-state index in [0.29, 0.717) is 23.3 Å². The Balaban J connectivity index is 1.69. The van der Waals surface area contributed by atoms with E-state index in [9.17, 15) is 0 Å². The number of hydrogen-bond acceptors (Lipinski definition) is 6. The molecule has 2 heterocycles. The molecule has 0 atom stereocenters. The van der Waals surface area contributed by atoms with Crippen LogP contribution < -0.4 is 10.6 Å². The van der Waals surface area contributed by atoms with Gasteiger partial charge in [0.1, 0.15) is 0 Å². The summed E-state index contributed by atoms with van der Waals surface area (Å²) in [5.74, 6) is 0.998. The van der Waals surface area contributed by atoms with E-state index in [0.717, 1.165) is 11.3 Å². The number of aromatic nitrogens is 4. The third-order valence-corrected chi connectivity index (χ3v) is 3.21. The first-order chi connectivity index (χ1) is 10.8. The number of nitrogens with zero attached hydrogens (tertiary/aromatic N) is 4. The topological polar surface area (TPSA) is 75.6 Å². The zero-order valence-corrected chi connectivity index (χ0v) is 12.3. The predicted octanol–water partition coefficient (Wildman–Crippen LogP) is 3.28. The van der Waals surface area contributed by atoms with Gasteiger partial charge in [-0.2, -0.15) is 10.1 Å². The lowest BCUT2D eigenvalue weighted by atomic mass is 10.3. The standard InChI is InChI=1S/C15H13ClN6/c16-12-5-1-2-6-13(12)20-15-21-14(10-19-22-15)18-9-11-4-3-7-17-8-11/h1-8,10H,9H2,(H2,18,20,21,22). The lowest BCUT2D eigenvalue weighted by molar-refractivity contribution is 0.964. The van der Waals surface area contributed by atoms with Gasteiger partial charge in [0.15, 0.2) is 5.82 Å². The summed E-state index contributed by atoms with van der Waals surface area (Å²) in [4.78, 5) is 8.41. The number of anilines is 3. The second-order valence-electron chi connectivity index (χ2n) is 4.48. The zero-order chi connectivity index (χ0) is 15.2. The molecule has 0 fully saturated rings. The van der Waals surface area contributed by atoms with Gasteiger partial charge in [0.05, 0.1) is 16.9 Å². The van der Waals surface area contributed by atoms with Gasteiger partial charge in [-0.05, 0) is 23.8 Å². The molecule has 0 saturated heterocycles. The number of para-hydroxylation sites is 1. The second-order valence-corrected chi connectivity index (χ2v) is 4.89. The van der Waals surface area contributed by atoms with Crippen molar-refractivity contribution in [3.8, 4) is 0 Å². The van der Waals surface area contributed by atoms with Gasteiger partial charge >= 0.3 is 0 Å². The summed E-state index contributed by atoms with van der Waals surface area (Å²) in [6, 6.07) is 11.3. The normalized spacial score (nSPS) is 10.2. The summed E-state index contributed by atoms with van der Waals surface area (Å²) >= 11 is 6.09. The smallest absolute Gasteiger partial charge is 0.249 e. The first kappa shape index (κ1) is 14.2. The van der Waals surface area contributed by atoms with E-state index < -0.39 is 0 Å². The summed E-state index contributed by atoms with van der Waals surface area (Å²) in [5.41, 5.74) is 1.79. The van der Waals surface area contributed by atoms with Crippen LogP contribution in [0, 0.1) is 0 Å². The molecule has 0 aliphatic heterocycles. The second kappa shape index (κ2) is 6.82. The van der Waals surface area contributed by atoms with Crippen molar-refractivity contribution in [3.63, 3.8) is 0 Å². The molecular weight excluding hydrogens is 300 g/mol. The number of halogens is 1. The van der Waals surface area contributed by atoms with E-state index in [1.165, 1.54) is 0 Å². The van der Waals surface area contributed by atoms with Crippen LogP contribution in [-0.2, 0) is 6.54 Å². The Kier molecular flexibility index (Phi) is 4.41. The van der Waals surface area contributed by atoms with Gasteiger partial charge in [-0.25, -0.2) is 0 Å². The van der Waals surface area contributed by atoms with Crippen molar-refractivity contribution in [3.05, 3.63) is 65.6 Å². The SMILES string of the molecule is Clc1ccccc1Nc1nncc(NCc2cccnc2)n1. The molecule has 0 saturated carbocycles. The van der Waals surface area contributed by atoms with Crippen LogP contribution in [0.4, 0.5) is 17.5 Å². The molecule has 0 unspecified atom stereocenters. The van der Waals surface area contributed by atoms with Crippen LogP contribution >= 0.6 is 11.6 Å². The summed E-state index contributed by atoms with van der Waals surface area (Å²) in [6.45, 7) is 0.609. The molecule has 2 N–H and O–H groups in total. The van der Waals surface area contributed by atoms with Gasteiger partial charge in [0.2, 0.25) is 5.95 Å². The summed E-state index contributed by atoms with van der Waals surface area (Å²) in [7, 11) is 0. The summed E-state index contributed by atoms with van der Waals surface area (Å²) in [6.07, 6.45) is 5.10. The van der Waals surface area contributed by atoms with E-state index in [4.69, 9.17) is 11.6 Å². The summed E-state index contributed by atoms with van der Waals surface area (Å²) in [5, 5.41) is 14.7. The van der Waals surface area contributed by atoms with Gasteiger partial charge in [0, 0.05) is 18.9 Å². The highest BCUT2D eigenvalue weighted by molar-refractivity contribution is 6.33. The Labute approximate surface area is 132 Å². The first-order valence-electron chi connectivity index (χ1n) is 6.65. The van der Waals surface area contributed by atoms with Gasteiger partial charge in [-0.1, -0.05) is 29.8 Å². The fourth-order valence-corrected chi connectivity index (χ4v) is 2.00. The molecule has 6 nitrogen and oxygen atoms in total. The minimum Gasteiger partial charge on any atom is -0.364 e. The Hall–Kier alpha value is -2.73. The molecule has 3 rings (SSSR count). The number of pyridine rings is 1. The predicted molar refractivity (Wildman–Crippen MR) is 86.1 cm³/mol. The van der Waals surface area contributed by atoms with E-state index >= 15 is 0 Å². The first-order valence-corrected chi connectivity index (χ1v) is 7.03. The Morgan fingerprint density at radius 3 is 2.77 bits per heavy atom. The van der Waals surface area contributed by atoms with Gasteiger partial charge in [-0.3, -0.25) is 4.98 Å². The third-order valence-electron chi connectivity index (χ3n) is 2.88. The molecule has 7 heteroatoms. The lowest BCUT2D eigenvalue weighted by Crippen LogP contribution is -2.05. The van der Waals surface area contributed by atoms with Crippen molar-refractivity contribution in [2.75, 3.05) is 10.6 Å². The maximum Gasteiger partial charge on any atom is 0.249 e. The van der Waals surface area contributed by atoms with Crippen molar-refractivity contribution < 1.29 is 0 Å². The molecule has 110 valence electrons. The molecule has 1 aromatic carbocycles. The average molecular weight is 313 g/mol. The highest BCUT2D eigenvalue weighted by Crippen LogP contribution is 2.23. The molecule has 0 radical (unpaired) electrons. The molecule has 22 heavy (non-hydrogen) atoms. The fraction of sp³-hybridized carbons (Fsp3) is 0.0667. The van der Waals surface area contributed by atoms with Crippen LogP contribution in [-0.4, -0.2) is 20.2 Å². The molecule has 3 aromatic rings. The maximum absolute atomic E-state index is 6.09. The number of hydrogen-bond donors (Lipinski definition) is 2. The number of benzene rings is 1. The zero-order valence-electron chi connectivity index (χ0n) is 11.6. The van der Waals surface area contributed by atoms with Crippen molar-refractivity contribution in [2.45, 2.75) is 6.54 Å². The van der Waals surface area contributed by atoms with E-state index in [-0.39, 0.29) is 0 Å². The Morgan fingerprint density at radius 1 is 1.05 bits per heavy atom.